The molecule has 0 aliphatic carbocycles. The maximum absolute atomic E-state index is 11.8. The highest BCUT2D eigenvalue weighted by Gasteiger charge is 2.22. The molecule has 1 aliphatic rings. The molecule has 1 heterocycles. The first-order valence-electron chi connectivity index (χ1n) is 6.30. The van der Waals surface area contributed by atoms with Crippen LogP contribution in [0.25, 0.3) is 0 Å². The zero-order chi connectivity index (χ0) is 12.8. The molecule has 0 aromatic heterocycles. The summed E-state index contributed by atoms with van der Waals surface area (Å²) in [5.41, 5.74) is 0. The first kappa shape index (κ1) is 13.8. The summed E-state index contributed by atoms with van der Waals surface area (Å²) < 4.78 is 0. The summed E-state index contributed by atoms with van der Waals surface area (Å²) in [5.74, 6) is -0.649. The number of carbonyl (C=O) groups is 2. The first-order valence-corrected chi connectivity index (χ1v) is 6.30. The number of hydrogen-bond acceptors (Lipinski definition) is 2. The third-order valence-electron chi connectivity index (χ3n) is 3.41. The fourth-order valence-corrected chi connectivity index (χ4v) is 1.94. The van der Waals surface area contributed by atoms with Gasteiger partial charge in [-0.25, -0.2) is 4.79 Å². The van der Waals surface area contributed by atoms with Crippen LogP contribution in [0.15, 0.2) is 0 Å². The van der Waals surface area contributed by atoms with Crippen molar-refractivity contribution < 1.29 is 14.7 Å². The summed E-state index contributed by atoms with van der Waals surface area (Å²) in [6, 6.07) is -0.128. The lowest BCUT2D eigenvalue weighted by atomic mass is 10.00. The fourth-order valence-electron chi connectivity index (χ4n) is 1.94. The van der Waals surface area contributed by atoms with Gasteiger partial charge in [0.1, 0.15) is 0 Å². The van der Waals surface area contributed by atoms with Crippen molar-refractivity contribution in [1.29, 1.82) is 0 Å². The molecule has 1 aliphatic heterocycles. The van der Waals surface area contributed by atoms with Crippen LogP contribution in [0.5, 0.6) is 0 Å². The Bertz CT molecular complexity index is 273. The number of carboxylic acid groups (broad SMARTS) is 1. The van der Waals surface area contributed by atoms with Crippen molar-refractivity contribution in [2.24, 2.45) is 11.8 Å². The summed E-state index contributed by atoms with van der Waals surface area (Å²) >= 11 is 0. The molecule has 17 heavy (non-hydrogen) atoms. The topological polar surface area (TPSA) is 69.6 Å². The molecule has 5 heteroatoms. The SMILES string of the molecule is CCC(CNC(=O)N1CCC(C)CC1)C(=O)O. The number of carboxylic acids is 1. The zero-order valence-electron chi connectivity index (χ0n) is 10.6. The van der Waals surface area contributed by atoms with E-state index in [1.165, 1.54) is 0 Å². The minimum atomic E-state index is -0.847. The van der Waals surface area contributed by atoms with E-state index in [0.717, 1.165) is 25.9 Å². The molecular formula is C12H22N2O3. The molecule has 0 radical (unpaired) electrons. The average Bonchev–Trinajstić information content (AvgIpc) is 2.30. The Hall–Kier alpha value is -1.26. The highest BCUT2D eigenvalue weighted by atomic mass is 16.4. The van der Waals surface area contributed by atoms with Gasteiger partial charge in [0, 0.05) is 19.6 Å². The quantitative estimate of drug-likeness (QED) is 0.785. The number of nitrogens with one attached hydrogen (secondary N) is 1. The molecule has 0 bridgehead atoms. The van der Waals surface area contributed by atoms with Crippen LogP contribution in [0.1, 0.15) is 33.1 Å². The Morgan fingerprint density at radius 2 is 2.00 bits per heavy atom. The van der Waals surface area contributed by atoms with Gasteiger partial charge >= 0.3 is 12.0 Å². The summed E-state index contributed by atoms with van der Waals surface area (Å²) in [5, 5.41) is 11.6. The lowest BCUT2D eigenvalue weighted by Gasteiger charge is -2.30. The minimum Gasteiger partial charge on any atom is -0.481 e. The van der Waals surface area contributed by atoms with Crippen LogP contribution < -0.4 is 5.32 Å². The van der Waals surface area contributed by atoms with Crippen molar-refractivity contribution in [3.05, 3.63) is 0 Å². The molecule has 1 rings (SSSR count). The highest BCUT2D eigenvalue weighted by molar-refractivity contribution is 5.76. The Kier molecular flexibility index (Phi) is 5.25. The first-order chi connectivity index (χ1) is 8.04. The number of rotatable bonds is 4. The number of carbonyl (C=O) groups excluding carboxylic acids is 1. The van der Waals surface area contributed by atoms with Gasteiger partial charge in [-0.1, -0.05) is 13.8 Å². The average molecular weight is 242 g/mol. The van der Waals surface area contributed by atoms with Gasteiger partial charge in [-0.2, -0.15) is 0 Å². The highest BCUT2D eigenvalue weighted by Crippen LogP contribution is 2.15. The molecule has 0 saturated carbocycles. The largest absolute Gasteiger partial charge is 0.481 e. The van der Waals surface area contributed by atoms with E-state index in [9.17, 15) is 9.59 Å². The molecule has 0 spiro atoms. The van der Waals surface area contributed by atoms with E-state index >= 15 is 0 Å². The van der Waals surface area contributed by atoms with Gasteiger partial charge in [-0.15, -0.1) is 0 Å². The molecule has 2 N–H and O–H groups in total. The molecular weight excluding hydrogens is 220 g/mol. The monoisotopic (exact) mass is 242 g/mol. The summed E-state index contributed by atoms with van der Waals surface area (Å²) in [7, 11) is 0. The van der Waals surface area contributed by atoms with E-state index in [2.05, 4.69) is 12.2 Å². The Morgan fingerprint density at radius 3 is 2.47 bits per heavy atom. The van der Waals surface area contributed by atoms with E-state index in [1.54, 1.807) is 4.90 Å². The van der Waals surface area contributed by atoms with Crippen LogP contribution in [0.2, 0.25) is 0 Å². The summed E-state index contributed by atoms with van der Waals surface area (Å²) in [6.45, 7) is 5.77. The zero-order valence-corrected chi connectivity index (χ0v) is 10.6. The second kappa shape index (κ2) is 6.47. The number of urea groups is 1. The minimum absolute atomic E-state index is 0.128. The summed E-state index contributed by atoms with van der Waals surface area (Å²) in [6.07, 6.45) is 2.60. The van der Waals surface area contributed by atoms with Crippen molar-refractivity contribution in [3.63, 3.8) is 0 Å². The molecule has 2 amide bonds. The second-order valence-electron chi connectivity index (χ2n) is 4.80. The number of piperidine rings is 1. The van der Waals surface area contributed by atoms with Gasteiger partial charge in [-0.3, -0.25) is 4.79 Å². The van der Waals surface area contributed by atoms with Gasteiger partial charge in [0.15, 0.2) is 0 Å². The van der Waals surface area contributed by atoms with Crippen LogP contribution in [-0.4, -0.2) is 41.6 Å². The normalized spacial score (nSPS) is 18.8. The predicted molar refractivity (Wildman–Crippen MR) is 64.8 cm³/mol. The number of amides is 2. The Morgan fingerprint density at radius 1 is 1.41 bits per heavy atom. The molecule has 1 fully saturated rings. The van der Waals surface area contributed by atoms with Crippen molar-refractivity contribution in [1.82, 2.24) is 10.2 Å². The summed E-state index contributed by atoms with van der Waals surface area (Å²) in [4.78, 5) is 24.3. The van der Waals surface area contributed by atoms with Gasteiger partial charge in [-0.05, 0) is 25.2 Å². The van der Waals surface area contributed by atoms with Crippen molar-refractivity contribution in [2.75, 3.05) is 19.6 Å². The van der Waals surface area contributed by atoms with Crippen molar-refractivity contribution in [3.8, 4) is 0 Å². The standard InChI is InChI=1S/C12H22N2O3/c1-3-10(11(15)16)8-13-12(17)14-6-4-9(2)5-7-14/h9-10H,3-8H2,1-2H3,(H,13,17)(H,15,16). The van der Waals surface area contributed by atoms with Crippen LogP contribution in [0.4, 0.5) is 4.79 Å². The number of likely N-dealkylation sites (tertiary alicyclic amines) is 1. The molecule has 98 valence electrons. The van der Waals surface area contributed by atoms with E-state index in [-0.39, 0.29) is 12.6 Å². The smallest absolute Gasteiger partial charge is 0.317 e. The fraction of sp³-hybridized carbons (Fsp3) is 0.833. The lowest BCUT2D eigenvalue weighted by Crippen LogP contribution is -2.46. The van der Waals surface area contributed by atoms with Crippen molar-refractivity contribution >= 4 is 12.0 Å². The molecule has 1 atom stereocenters. The number of hydrogen-bond donors (Lipinski definition) is 2. The molecule has 0 aromatic rings. The number of aliphatic carboxylic acids is 1. The Balaban J connectivity index is 2.31. The Labute approximate surface area is 102 Å². The van der Waals surface area contributed by atoms with E-state index in [1.807, 2.05) is 6.92 Å². The van der Waals surface area contributed by atoms with Crippen LogP contribution >= 0.6 is 0 Å². The molecule has 1 unspecified atom stereocenters. The van der Waals surface area contributed by atoms with Crippen LogP contribution in [-0.2, 0) is 4.79 Å². The van der Waals surface area contributed by atoms with Gasteiger partial charge in [0.25, 0.3) is 0 Å². The van der Waals surface area contributed by atoms with E-state index < -0.39 is 11.9 Å². The van der Waals surface area contributed by atoms with Crippen LogP contribution in [0.3, 0.4) is 0 Å². The second-order valence-corrected chi connectivity index (χ2v) is 4.80. The van der Waals surface area contributed by atoms with Crippen LogP contribution in [0, 0.1) is 11.8 Å². The van der Waals surface area contributed by atoms with Gasteiger partial charge < -0.3 is 15.3 Å². The van der Waals surface area contributed by atoms with E-state index in [4.69, 9.17) is 5.11 Å². The maximum Gasteiger partial charge on any atom is 0.317 e. The van der Waals surface area contributed by atoms with Gasteiger partial charge in [0.05, 0.1) is 5.92 Å². The molecule has 5 nitrogen and oxygen atoms in total. The van der Waals surface area contributed by atoms with E-state index in [0.29, 0.717) is 12.3 Å². The predicted octanol–water partition coefficient (Wildman–Crippen LogP) is 1.54. The lowest BCUT2D eigenvalue weighted by molar-refractivity contribution is -0.141. The maximum atomic E-state index is 11.8. The third-order valence-corrected chi connectivity index (χ3v) is 3.41. The van der Waals surface area contributed by atoms with Crippen molar-refractivity contribution in [2.45, 2.75) is 33.1 Å². The third kappa shape index (κ3) is 4.24. The molecule has 0 aromatic carbocycles. The molecule has 1 saturated heterocycles. The number of nitrogens with zero attached hydrogens (tertiary/aromatic N) is 1. The van der Waals surface area contributed by atoms with Gasteiger partial charge in [0.2, 0.25) is 0 Å².